The number of carboxylic acid groups (broad SMARTS) is 1. The molecule has 1 aromatic rings. The van der Waals surface area contributed by atoms with E-state index in [-0.39, 0.29) is 25.4 Å². The van der Waals surface area contributed by atoms with E-state index in [9.17, 15) is 9.59 Å². The highest BCUT2D eigenvalue weighted by Gasteiger charge is 2.16. The zero-order valence-electron chi connectivity index (χ0n) is 17.7. The maximum absolute atomic E-state index is 11.8. The number of rotatable bonds is 14. The highest BCUT2D eigenvalue weighted by Crippen LogP contribution is 2.30. The third-order valence-electron chi connectivity index (χ3n) is 3.94. The molecule has 0 aliphatic rings. The molecule has 0 aliphatic carbocycles. The van der Waals surface area contributed by atoms with E-state index in [1.54, 1.807) is 18.2 Å². The molecule has 2 N–H and O–H groups in total. The molecule has 0 spiro atoms. The van der Waals surface area contributed by atoms with E-state index in [2.05, 4.69) is 0 Å². The molecule has 164 valence electrons. The monoisotopic (exact) mass is 410 g/mol. The van der Waals surface area contributed by atoms with Crippen molar-refractivity contribution in [1.82, 2.24) is 0 Å². The lowest BCUT2D eigenvalue weighted by Crippen LogP contribution is -2.24. The molecule has 1 aromatic carbocycles. The van der Waals surface area contributed by atoms with Crippen LogP contribution in [-0.2, 0) is 20.7 Å². The van der Waals surface area contributed by atoms with Crippen molar-refractivity contribution < 1.29 is 34.0 Å². The van der Waals surface area contributed by atoms with Crippen LogP contribution in [-0.4, -0.2) is 47.6 Å². The molecule has 0 aliphatic heterocycles. The Kier molecular flexibility index (Phi) is 11.1. The minimum Gasteiger partial charge on any atom is -0.493 e. The minimum atomic E-state index is -0.890. The van der Waals surface area contributed by atoms with Crippen molar-refractivity contribution in [3.63, 3.8) is 0 Å². The van der Waals surface area contributed by atoms with Gasteiger partial charge >= 0.3 is 11.9 Å². The van der Waals surface area contributed by atoms with Gasteiger partial charge in [0, 0.05) is 25.0 Å². The lowest BCUT2D eigenvalue weighted by atomic mass is 10.1. The number of aliphatic hydroxyl groups is 1. The van der Waals surface area contributed by atoms with Gasteiger partial charge in [0.2, 0.25) is 0 Å². The van der Waals surface area contributed by atoms with E-state index in [1.807, 2.05) is 20.8 Å². The van der Waals surface area contributed by atoms with Gasteiger partial charge in [-0.1, -0.05) is 6.07 Å². The van der Waals surface area contributed by atoms with Crippen LogP contribution in [0.2, 0.25) is 0 Å². The molecule has 29 heavy (non-hydrogen) atoms. The molecule has 0 heterocycles. The van der Waals surface area contributed by atoms with E-state index < -0.39 is 11.6 Å². The van der Waals surface area contributed by atoms with Crippen molar-refractivity contribution in [2.75, 3.05) is 19.8 Å². The van der Waals surface area contributed by atoms with Crippen molar-refractivity contribution in [3.8, 4) is 11.5 Å². The second-order valence-electron chi connectivity index (χ2n) is 7.80. The van der Waals surface area contributed by atoms with Crippen LogP contribution in [0.15, 0.2) is 18.2 Å². The Morgan fingerprint density at radius 2 is 1.55 bits per heavy atom. The number of esters is 1. The van der Waals surface area contributed by atoms with Crippen LogP contribution in [0.25, 0.3) is 0 Å². The predicted molar refractivity (Wildman–Crippen MR) is 109 cm³/mol. The van der Waals surface area contributed by atoms with Crippen molar-refractivity contribution in [1.29, 1.82) is 0 Å². The maximum atomic E-state index is 11.8. The van der Waals surface area contributed by atoms with E-state index in [1.165, 1.54) is 0 Å². The summed E-state index contributed by atoms with van der Waals surface area (Å²) in [5.41, 5.74) is 0.208. The van der Waals surface area contributed by atoms with Crippen molar-refractivity contribution in [2.45, 2.75) is 71.3 Å². The molecule has 0 fully saturated rings. The number of ether oxygens (including phenoxy) is 3. The second kappa shape index (κ2) is 13.0. The summed E-state index contributed by atoms with van der Waals surface area (Å²) in [6.45, 7) is 6.44. The van der Waals surface area contributed by atoms with Gasteiger partial charge < -0.3 is 24.4 Å². The summed E-state index contributed by atoms with van der Waals surface area (Å²) >= 11 is 0. The fourth-order valence-electron chi connectivity index (χ4n) is 2.66. The Morgan fingerprint density at radius 3 is 2.10 bits per heavy atom. The largest absolute Gasteiger partial charge is 0.493 e. The van der Waals surface area contributed by atoms with Gasteiger partial charge in [0.1, 0.15) is 17.1 Å². The number of carboxylic acids is 1. The van der Waals surface area contributed by atoms with Gasteiger partial charge in [0.05, 0.1) is 13.2 Å². The summed E-state index contributed by atoms with van der Waals surface area (Å²) in [4.78, 5) is 22.8. The first-order valence-electron chi connectivity index (χ1n) is 10.1. The first kappa shape index (κ1) is 24.8. The third-order valence-corrected chi connectivity index (χ3v) is 3.94. The van der Waals surface area contributed by atoms with Gasteiger partial charge in [-0.05, 0) is 65.0 Å². The number of carbonyl (C=O) groups excluding carboxylic acids is 1. The summed E-state index contributed by atoms with van der Waals surface area (Å²) in [5.74, 6) is 0.0222. The number of hydrogen-bond donors (Lipinski definition) is 2. The number of hydrogen-bond acceptors (Lipinski definition) is 6. The molecule has 0 saturated carbocycles. The molecule has 0 atom stereocenters. The molecule has 7 nitrogen and oxygen atoms in total. The van der Waals surface area contributed by atoms with Crippen LogP contribution in [0.4, 0.5) is 0 Å². The lowest BCUT2D eigenvalue weighted by molar-refractivity contribution is -0.155. The minimum absolute atomic E-state index is 0.0286. The summed E-state index contributed by atoms with van der Waals surface area (Å²) in [6, 6.07) is 5.39. The highest BCUT2D eigenvalue weighted by atomic mass is 16.6. The van der Waals surface area contributed by atoms with Crippen molar-refractivity contribution >= 4 is 11.9 Å². The summed E-state index contributed by atoms with van der Waals surface area (Å²) in [5, 5.41) is 17.9. The van der Waals surface area contributed by atoms with E-state index >= 15 is 0 Å². The standard InChI is InChI=1S/C22H34O7/c1-22(2,3)29-21(26)11-8-16-28-19-10-7-9-18(17(19)12-13-20(24)25)27-15-6-4-5-14-23/h7,9-10,23H,4-6,8,11-16H2,1-3H3,(H,24,25). The second-order valence-corrected chi connectivity index (χ2v) is 7.80. The summed E-state index contributed by atoms with van der Waals surface area (Å²) in [7, 11) is 0. The Hall–Kier alpha value is -2.28. The molecule has 7 heteroatoms. The van der Waals surface area contributed by atoms with Gasteiger partial charge in [0.15, 0.2) is 0 Å². The number of carbonyl (C=O) groups is 2. The third kappa shape index (κ3) is 11.3. The van der Waals surface area contributed by atoms with E-state index in [0.717, 1.165) is 19.3 Å². The quantitative estimate of drug-likeness (QED) is 0.356. The Labute approximate surface area is 173 Å². The molecule has 0 saturated heterocycles. The molecular weight excluding hydrogens is 376 g/mol. The molecular formula is C22H34O7. The van der Waals surface area contributed by atoms with Crippen LogP contribution in [0.1, 0.15) is 64.9 Å². The van der Waals surface area contributed by atoms with Crippen LogP contribution < -0.4 is 9.47 Å². The Bertz CT molecular complexity index is 635. The van der Waals surface area contributed by atoms with Crippen LogP contribution in [0, 0.1) is 0 Å². The number of aliphatic hydroxyl groups excluding tert-OH is 1. The molecule has 0 aromatic heterocycles. The number of aliphatic carboxylic acids is 1. The zero-order chi connectivity index (χ0) is 21.7. The average molecular weight is 411 g/mol. The highest BCUT2D eigenvalue weighted by molar-refractivity contribution is 5.69. The van der Waals surface area contributed by atoms with Gasteiger partial charge in [-0.15, -0.1) is 0 Å². The first-order chi connectivity index (χ1) is 13.7. The van der Waals surface area contributed by atoms with Crippen LogP contribution in [0.3, 0.4) is 0 Å². The maximum Gasteiger partial charge on any atom is 0.306 e. The molecule has 1 rings (SSSR count). The van der Waals surface area contributed by atoms with E-state index in [0.29, 0.717) is 43.1 Å². The zero-order valence-corrected chi connectivity index (χ0v) is 17.7. The molecule has 0 radical (unpaired) electrons. The SMILES string of the molecule is CC(C)(C)OC(=O)CCCOc1cccc(OCCCCCO)c1CCC(=O)O. The van der Waals surface area contributed by atoms with Gasteiger partial charge in [-0.25, -0.2) is 0 Å². The predicted octanol–water partition coefficient (Wildman–Crippen LogP) is 3.75. The number of benzene rings is 1. The van der Waals surface area contributed by atoms with Gasteiger partial charge in [-0.3, -0.25) is 9.59 Å². The van der Waals surface area contributed by atoms with Crippen LogP contribution >= 0.6 is 0 Å². The van der Waals surface area contributed by atoms with Crippen LogP contribution in [0.5, 0.6) is 11.5 Å². The van der Waals surface area contributed by atoms with E-state index in [4.69, 9.17) is 24.4 Å². The summed E-state index contributed by atoms with van der Waals surface area (Å²) < 4.78 is 16.9. The van der Waals surface area contributed by atoms with Crippen molar-refractivity contribution in [3.05, 3.63) is 23.8 Å². The molecule has 0 unspecified atom stereocenters. The summed E-state index contributed by atoms with van der Waals surface area (Å²) in [6.07, 6.45) is 3.42. The van der Waals surface area contributed by atoms with Crippen molar-refractivity contribution in [2.24, 2.45) is 0 Å². The van der Waals surface area contributed by atoms with Gasteiger partial charge in [0.25, 0.3) is 0 Å². The molecule has 0 amide bonds. The Morgan fingerprint density at radius 1 is 0.931 bits per heavy atom. The fraction of sp³-hybridized carbons (Fsp3) is 0.636. The normalized spacial score (nSPS) is 11.2. The number of unbranched alkanes of at least 4 members (excludes halogenated alkanes) is 2. The smallest absolute Gasteiger partial charge is 0.306 e. The Balaban J connectivity index is 2.65. The topological polar surface area (TPSA) is 102 Å². The molecule has 0 bridgehead atoms. The lowest BCUT2D eigenvalue weighted by Gasteiger charge is -2.19. The average Bonchev–Trinajstić information content (AvgIpc) is 2.62. The fourth-order valence-corrected chi connectivity index (χ4v) is 2.66. The first-order valence-corrected chi connectivity index (χ1v) is 10.1. The van der Waals surface area contributed by atoms with Gasteiger partial charge in [-0.2, -0.15) is 0 Å².